The van der Waals surface area contributed by atoms with E-state index in [9.17, 15) is 14.4 Å². The van der Waals surface area contributed by atoms with Crippen LogP contribution in [0.3, 0.4) is 0 Å². The van der Waals surface area contributed by atoms with E-state index in [-0.39, 0.29) is 31.1 Å². The van der Waals surface area contributed by atoms with Gasteiger partial charge in [0.2, 0.25) is 0 Å². The van der Waals surface area contributed by atoms with E-state index < -0.39 is 6.10 Å². The number of carbonyl (C=O) groups excluding carboxylic acids is 3. The van der Waals surface area contributed by atoms with Crippen molar-refractivity contribution >= 4 is 17.9 Å². The Kier molecular flexibility index (Phi) is 57.2. The van der Waals surface area contributed by atoms with Crippen LogP contribution in [0.15, 0.2) is 36.5 Å². The minimum Gasteiger partial charge on any atom is -0.462 e. The first-order chi connectivity index (χ1) is 34.5. The van der Waals surface area contributed by atoms with Gasteiger partial charge in [0.05, 0.1) is 0 Å². The number of esters is 3. The number of rotatable bonds is 57. The standard InChI is InChI=1S/C64H118O6/c1-4-7-10-13-16-19-22-23-24-25-26-27-28-29-30-31-32-33-34-35-36-37-38-39-40-41-43-45-48-51-54-57-63(66)69-60-61(59-68-62(65)56-53-50-47-44-21-18-15-12-9-6-3)70-64(67)58-55-52-49-46-42-20-17-14-11-8-5-2/h14,17,22-23,25-26,61H,4-13,15-16,18-21,24,27-60H2,1-3H3/b17-14-,23-22-,26-25-. The zero-order valence-corrected chi connectivity index (χ0v) is 47.1. The van der Waals surface area contributed by atoms with Crippen LogP contribution in [0.5, 0.6) is 0 Å². The molecule has 0 aliphatic heterocycles. The monoisotopic (exact) mass is 983 g/mol. The Bertz CT molecular complexity index is 1170. The molecule has 0 saturated carbocycles. The number of allylic oxidation sites excluding steroid dienone is 6. The topological polar surface area (TPSA) is 78.9 Å². The molecular weight excluding hydrogens is 865 g/mol. The number of unbranched alkanes of at least 4 members (excludes halogenated alkanes) is 40. The SMILES string of the molecule is CCCC/C=C\CCCCCCCC(=O)OC(COC(=O)CCCCCCCCCCCC)COC(=O)CCCCCCCCCCCCCCCCCCCCC/C=C\C/C=C\CCCCCCC. The second-order valence-electron chi connectivity index (χ2n) is 21.0. The molecule has 1 unspecified atom stereocenters. The van der Waals surface area contributed by atoms with Gasteiger partial charge in [-0.1, -0.05) is 282 Å². The predicted octanol–water partition coefficient (Wildman–Crippen LogP) is 20.8. The van der Waals surface area contributed by atoms with Crippen LogP contribution in [-0.4, -0.2) is 37.2 Å². The lowest BCUT2D eigenvalue weighted by molar-refractivity contribution is -0.167. The summed E-state index contributed by atoms with van der Waals surface area (Å²) in [5, 5.41) is 0. The van der Waals surface area contributed by atoms with Gasteiger partial charge in [-0.3, -0.25) is 14.4 Å². The molecule has 70 heavy (non-hydrogen) atoms. The summed E-state index contributed by atoms with van der Waals surface area (Å²) < 4.78 is 16.8. The largest absolute Gasteiger partial charge is 0.462 e. The number of hydrogen-bond acceptors (Lipinski definition) is 6. The highest BCUT2D eigenvalue weighted by atomic mass is 16.6. The van der Waals surface area contributed by atoms with Crippen molar-refractivity contribution in [1.29, 1.82) is 0 Å². The van der Waals surface area contributed by atoms with E-state index in [1.165, 1.54) is 225 Å². The third kappa shape index (κ3) is 56.5. The van der Waals surface area contributed by atoms with E-state index in [1.54, 1.807) is 0 Å². The third-order valence-corrected chi connectivity index (χ3v) is 13.9. The maximum absolute atomic E-state index is 12.8. The molecule has 6 heteroatoms. The molecule has 6 nitrogen and oxygen atoms in total. The first-order valence-electron chi connectivity index (χ1n) is 31.0. The summed E-state index contributed by atoms with van der Waals surface area (Å²) in [4.78, 5) is 38.0. The summed E-state index contributed by atoms with van der Waals surface area (Å²) >= 11 is 0. The first kappa shape index (κ1) is 67.6. The maximum Gasteiger partial charge on any atom is 0.306 e. The zero-order valence-electron chi connectivity index (χ0n) is 47.1. The molecule has 0 rings (SSSR count). The summed E-state index contributed by atoms with van der Waals surface area (Å²) in [6.45, 7) is 6.61. The van der Waals surface area contributed by atoms with Gasteiger partial charge in [0.25, 0.3) is 0 Å². The van der Waals surface area contributed by atoms with E-state index >= 15 is 0 Å². The lowest BCUT2D eigenvalue weighted by Gasteiger charge is -2.18. The maximum atomic E-state index is 12.8. The molecule has 0 aliphatic rings. The second kappa shape index (κ2) is 59.2. The molecule has 0 heterocycles. The van der Waals surface area contributed by atoms with Crippen molar-refractivity contribution in [3.05, 3.63) is 36.5 Å². The third-order valence-electron chi connectivity index (χ3n) is 13.9. The minimum atomic E-state index is -0.770. The summed E-state index contributed by atoms with van der Waals surface area (Å²) in [7, 11) is 0. The Labute approximate surface area is 435 Å². The predicted molar refractivity (Wildman–Crippen MR) is 302 cm³/mol. The van der Waals surface area contributed by atoms with Crippen molar-refractivity contribution in [3.8, 4) is 0 Å². The zero-order chi connectivity index (χ0) is 50.7. The molecular formula is C64H118O6. The van der Waals surface area contributed by atoms with Crippen molar-refractivity contribution in [2.45, 2.75) is 341 Å². The molecule has 0 N–H and O–H groups in total. The van der Waals surface area contributed by atoms with Crippen LogP contribution in [0.1, 0.15) is 335 Å². The molecule has 1 atom stereocenters. The van der Waals surface area contributed by atoms with Crippen LogP contribution in [0.4, 0.5) is 0 Å². The summed E-state index contributed by atoms with van der Waals surface area (Å²) in [6, 6.07) is 0. The quantitative estimate of drug-likeness (QED) is 0.0261. The molecule has 0 bridgehead atoms. The molecule has 0 aliphatic carbocycles. The summed E-state index contributed by atoms with van der Waals surface area (Å²) in [5.74, 6) is -0.865. The van der Waals surface area contributed by atoms with Gasteiger partial charge >= 0.3 is 17.9 Å². The molecule has 0 saturated heterocycles. The Balaban J connectivity index is 4.01. The van der Waals surface area contributed by atoms with Gasteiger partial charge in [-0.05, 0) is 70.6 Å². The van der Waals surface area contributed by atoms with Gasteiger partial charge in [-0.25, -0.2) is 0 Å². The molecule has 0 fully saturated rings. The van der Waals surface area contributed by atoms with Crippen molar-refractivity contribution < 1.29 is 28.6 Å². The number of hydrogen-bond donors (Lipinski definition) is 0. The Morgan fingerprint density at radius 2 is 0.529 bits per heavy atom. The normalized spacial score (nSPS) is 12.2. The van der Waals surface area contributed by atoms with Gasteiger partial charge in [0, 0.05) is 19.3 Å². The van der Waals surface area contributed by atoms with Gasteiger partial charge in [0.15, 0.2) is 6.10 Å². The van der Waals surface area contributed by atoms with Crippen molar-refractivity contribution in [2.75, 3.05) is 13.2 Å². The van der Waals surface area contributed by atoms with E-state index in [4.69, 9.17) is 14.2 Å². The smallest absolute Gasteiger partial charge is 0.306 e. The Morgan fingerprint density at radius 1 is 0.286 bits per heavy atom. The molecule has 0 amide bonds. The van der Waals surface area contributed by atoms with Gasteiger partial charge in [0.1, 0.15) is 13.2 Å². The lowest BCUT2D eigenvalue weighted by Crippen LogP contribution is -2.30. The van der Waals surface area contributed by atoms with Crippen LogP contribution >= 0.6 is 0 Å². The van der Waals surface area contributed by atoms with E-state index in [1.807, 2.05) is 0 Å². The van der Waals surface area contributed by atoms with Crippen molar-refractivity contribution in [3.63, 3.8) is 0 Å². The Morgan fingerprint density at radius 3 is 0.843 bits per heavy atom. The fourth-order valence-electron chi connectivity index (χ4n) is 9.16. The highest BCUT2D eigenvalue weighted by Crippen LogP contribution is 2.17. The Hall–Kier alpha value is -2.37. The average Bonchev–Trinajstić information content (AvgIpc) is 3.36. The van der Waals surface area contributed by atoms with Gasteiger partial charge in [-0.15, -0.1) is 0 Å². The average molecular weight is 984 g/mol. The first-order valence-corrected chi connectivity index (χ1v) is 31.0. The molecule has 0 aromatic heterocycles. The minimum absolute atomic E-state index is 0.0707. The molecule has 0 spiro atoms. The van der Waals surface area contributed by atoms with Crippen LogP contribution in [0.2, 0.25) is 0 Å². The van der Waals surface area contributed by atoms with E-state index in [0.29, 0.717) is 19.3 Å². The number of carbonyl (C=O) groups is 3. The molecule has 0 aromatic rings. The van der Waals surface area contributed by atoms with Crippen molar-refractivity contribution in [2.24, 2.45) is 0 Å². The highest BCUT2D eigenvalue weighted by molar-refractivity contribution is 5.71. The van der Waals surface area contributed by atoms with E-state index in [0.717, 1.165) is 70.6 Å². The van der Waals surface area contributed by atoms with Crippen LogP contribution in [0.25, 0.3) is 0 Å². The van der Waals surface area contributed by atoms with Crippen LogP contribution < -0.4 is 0 Å². The molecule has 0 radical (unpaired) electrons. The second-order valence-corrected chi connectivity index (χ2v) is 21.0. The fraction of sp³-hybridized carbons (Fsp3) is 0.859. The van der Waals surface area contributed by atoms with Crippen molar-refractivity contribution in [1.82, 2.24) is 0 Å². The van der Waals surface area contributed by atoms with Crippen LogP contribution in [-0.2, 0) is 28.6 Å². The van der Waals surface area contributed by atoms with E-state index in [2.05, 4.69) is 57.2 Å². The van der Waals surface area contributed by atoms with Gasteiger partial charge < -0.3 is 14.2 Å². The number of ether oxygens (including phenoxy) is 3. The molecule has 0 aromatic carbocycles. The summed E-state index contributed by atoms with van der Waals surface area (Å²) in [6.07, 6.45) is 71.8. The summed E-state index contributed by atoms with van der Waals surface area (Å²) in [5.41, 5.74) is 0. The lowest BCUT2D eigenvalue weighted by atomic mass is 10.0. The fourth-order valence-corrected chi connectivity index (χ4v) is 9.16. The molecule has 410 valence electrons. The van der Waals surface area contributed by atoms with Gasteiger partial charge in [-0.2, -0.15) is 0 Å². The van der Waals surface area contributed by atoms with Crippen LogP contribution in [0, 0.1) is 0 Å². The highest BCUT2D eigenvalue weighted by Gasteiger charge is 2.19.